The number of aliphatic carboxylic acids is 2. The Labute approximate surface area is 345 Å². The van der Waals surface area contributed by atoms with Gasteiger partial charge in [0.1, 0.15) is 17.0 Å². The molecule has 10 nitrogen and oxygen atoms in total. The van der Waals surface area contributed by atoms with E-state index in [4.69, 9.17) is 21.1 Å². The number of pyridine rings is 1. The van der Waals surface area contributed by atoms with Gasteiger partial charge in [-0.25, -0.2) is 9.59 Å². The lowest BCUT2D eigenvalue weighted by Gasteiger charge is -2.47. The van der Waals surface area contributed by atoms with Crippen molar-refractivity contribution in [3.8, 4) is 11.5 Å². The molecule has 11 heteroatoms. The van der Waals surface area contributed by atoms with Crippen LogP contribution in [0.1, 0.15) is 112 Å². The van der Waals surface area contributed by atoms with Gasteiger partial charge in [-0.05, 0) is 140 Å². The van der Waals surface area contributed by atoms with E-state index in [1.807, 2.05) is 30.5 Å². The molecule has 0 aliphatic heterocycles. The van der Waals surface area contributed by atoms with Crippen LogP contribution < -0.4 is 20.1 Å². The number of benzene rings is 3. The number of carboxylic acids is 2. The Bertz CT molecular complexity index is 2100. The maximum Gasteiger partial charge on any atom is 0.330 e. The number of carbonyl (C=O) groups is 3. The zero-order valence-corrected chi connectivity index (χ0v) is 34.1. The largest absolute Gasteiger partial charge is 0.494 e. The molecule has 0 saturated heterocycles. The van der Waals surface area contributed by atoms with Crippen molar-refractivity contribution in [2.45, 2.75) is 107 Å². The first-order valence-electron chi connectivity index (χ1n) is 20.7. The highest BCUT2D eigenvalue weighted by Gasteiger charge is 2.54. The number of carbonyl (C=O) groups excluding carboxylic acids is 1. The van der Waals surface area contributed by atoms with Crippen LogP contribution >= 0.6 is 11.6 Å². The standard InChI is InChI=1S/C47H54ClN3O7/c1-30(29-58-40-18-23-49-39-14-6-9-31(2)42(39)40)25-34-26-33-16-17-37(57-24-8-15-41(52)50-43(44(53)54)32-10-4-3-5-11-32)28-38(33)46(34)19-21-47(22-20-46,45(55)56)51-36-13-7-12-35(48)27-36/h3-5,7,10-13,16-18,23,27-28,30-31,34,43,51H,6,8-9,14-15,19-22,24-26,29H2,1-2H3,(H,50,52)(H,53,54)(H,55,56)/t30-,31-,34?,43+,46?,47?/m1/s1. The molecule has 306 valence electrons. The summed E-state index contributed by atoms with van der Waals surface area (Å²) in [6.07, 6.45) is 9.72. The van der Waals surface area contributed by atoms with Gasteiger partial charge in [0, 0.05) is 34.6 Å². The summed E-state index contributed by atoms with van der Waals surface area (Å²) in [4.78, 5) is 42.3. The summed E-state index contributed by atoms with van der Waals surface area (Å²) in [5, 5.41) is 26.9. The molecule has 1 amide bonds. The summed E-state index contributed by atoms with van der Waals surface area (Å²) >= 11 is 6.29. The van der Waals surface area contributed by atoms with Gasteiger partial charge in [0.25, 0.3) is 0 Å². The molecule has 1 unspecified atom stereocenters. The first-order chi connectivity index (χ1) is 28.0. The van der Waals surface area contributed by atoms with Gasteiger partial charge in [0.2, 0.25) is 5.91 Å². The topological polar surface area (TPSA) is 147 Å². The van der Waals surface area contributed by atoms with Gasteiger partial charge >= 0.3 is 11.9 Å². The normalized spacial score (nSPS) is 23.2. The van der Waals surface area contributed by atoms with Gasteiger partial charge in [-0.2, -0.15) is 0 Å². The highest BCUT2D eigenvalue weighted by atomic mass is 35.5. The molecule has 1 heterocycles. The van der Waals surface area contributed by atoms with Crippen LogP contribution in [0.25, 0.3) is 0 Å². The molecule has 7 rings (SSSR count). The third-order valence-electron chi connectivity index (χ3n) is 12.8. The monoisotopic (exact) mass is 807 g/mol. The molecule has 4 N–H and O–H groups in total. The number of fused-ring (bicyclic) bond motifs is 3. The quantitative estimate of drug-likeness (QED) is 0.0814. The second-order valence-electron chi connectivity index (χ2n) is 16.7. The molecule has 3 aliphatic rings. The van der Waals surface area contributed by atoms with E-state index in [9.17, 15) is 24.6 Å². The first-order valence-corrected chi connectivity index (χ1v) is 21.1. The molecule has 0 radical (unpaired) electrons. The summed E-state index contributed by atoms with van der Waals surface area (Å²) in [5.41, 5.74) is 4.68. The second kappa shape index (κ2) is 17.8. The predicted octanol–water partition coefficient (Wildman–Crippen LogP) is 9.30. The van der Waals surface area contributed by atoms with Gasteiger partial charge in [-0.1, -0.05) is 67.9 Å². The van der Waals surface area contributed by atoms with Crippen LogP contribution in [0.2, 0.25) is 5.02 Å². The molecule has 1 aromatic heterocycles. The molecule has 4 atom stereocenters. The van der Waals surface area contributed by atoms with Crippen molar-refractivity contribution in [1.82, 2.24) is 10.3 Å². The van der Waals surface area contributed by atoms with Crippen molar-refractivity contribution in [3.05, 3.63) is 118 Å². The molecule has 1 saturated carbocycles. The Morgan fingerprint density at radius 1 is 0.966 bits per heavy atom. The van der Waals surface area contributed by atoms with Gasteiger partial charge in [-0.3, -0.25) is 9.78 Å². The number of nitrogens with one attached hydrogen (secondary N) is 2. The van der Waals surface area contributed by atoms with Crippen molar-refractivity contribution in [2.24, 2.45) is 11.8 Å². The molecule has 4 aromatic rings. The van der Waals surface area contributed by atoms with E-state index in [1.54, 1.807) is 42.5 Å². The Balaban J connectivity index is 1.05. The van der Waals surface area contributed by atoms with Crippen molar-refractivity contribution in [3.63, 3.8) is 0 Å². The van der Waals surface area contributed by atoms with Crippen LogP contribution in [-0.2, 0) is 32.6 Å². The third kappa shape index (κ3) is 8.97. The summed E-state index contributed by atoms with van der Waals surface area (Å²) < 4.78 is 12.8. The molecule has 3 aliphatic carbocycles. The minimum atomic E-state index is -1.13. The van der Waals surface area contributed by atoms with E-state index in [0.717, 1.165) is 43.5 Å². The molecule has 1 fully saturated rings. The number of halogens is 1. The summed E-state index contributed by atoms with van der Waals surface area (Å²) in [6.45, 7) is 5.38. The second-order valence-corrected chi connectivity index (χ2v) is 17.2. The van der Waals surface area contributed by atoms with Crippen molar-refractivity contribution >= 4 is 35.1 Å². The van der Waals surface area contributed by atoms with Crippen LogP contribution in [0, 0.1) is 11.8 Å². The van der Waals surface area contributed by atoms with E-state index in [-0.39, 0.29) is 36.2 Å². The molecule has 3 aromatic carbocycles. The maximum atomic E-state index is 13.0. The number of aryl methyl sites for hydroxylation is 1. The Morgan fingerprint density at radius 2 is 1.76 bits per heavy atom. The number of hydrogen-bond donors (Lipinski definition) is 4. The van der Waals surface area contributed by atoms with Crippen molar-refractivity contribution in [2.75, 3.05) is 18.5 Å². The maximum absolute atomic E-state index is 13.0. The number of hydrogen-bond acceptors (Lipinski definition) is 7. The number of anilines is 1. The van der Waals surface area contributed by atoms with E-state index in [2.05, 4.69) is 41.6 Å². The Kier molecular flexibility index (Phi) is 12.6. The van der Waals surface area contributed by atoms with E-state index in [1.165, 1.54) is 16.7 Å². The number of carboxylic acid groups (broad SMARTS) is 2. The highest BCUT2D eigenvalue weighted by Crippen LogP contribution is 2.57. The van der Waals surface area contributed by atoms with Crippen LogP contribution in [0.3, 0.4) is 0 Å². The first kappa shape index (κ1) is 41.1. The lowest BCUT2D eigenvalue weighted by Crippen LogP contribution is -2.53. The number of rotatable bonds is 16. The SMILES string of the molecule is C[C@@H](COc1ccnc2c1[C@H](C)CCC2)CC1Cc2ccc(OCCCC(=O)N[C@H](C(=O)O)c3ccccc3)cc2C12CCC(Nc1cccc(Cl)c1)(C(=O)O)CC2. The fraction of sp³-hybridized carbons (Fsp3) is 0.447. The van der Waals surface area contributed by atoms with Crippen molar-refractivity contribution in [1.29, 1.82) is 0 Å². The zero-order chi connectivity index (χ0) is 40.9. The number of nitrogens with zero attached hydrogens (tertiary/aromatic N) is 1. The smallest absolute Gasteiger partial charge is 0.330 e. The summed E-state index contributed by atoms with van der Waals surface area (Å²) in [5.74, 6) is 0.248. The zero-order valence-electron chi connectivity index (χ0n) is 33.3. The lowest BCUT2D eigenvalue weighted by atomic mass is 9.59. The fourth-order valence-corrected chi connectivity index (χ4v) is 9.95. The molecule has 58 heavy (non-hydrogen) atoms. The van der Waals surface area contributed by atoms with E-state index in [0.29, 0.717) is 66.7 Å². The highest BCUT2D eigenvalue weighted by molar-refractivity contribution is 6.30. The van der Waals surface area contributed by atoms with Gasteiger partial charge < -0.3 is 30.3 Å². The average molecular weight is 808 g/mol. The molecular weight excluding hydrogens is 754 g/mol. The van der Waals surface area contributed by atoms with Crippen LogP contribution in [0.15, 0.2) is 85.1 Å². The van der Waals surface area contributed by atoms with Gasteiger partial charge in [0.05, 0.1) is 13.2 Å². The molecule has 1 spiro atoms. The molecular formula is C47H54ClN3O7. The summed E-state index contributed by atoms with van der Waals surface area (Å²) in [7, 11) is 0. The van der Waals surface area contributed by atoms with Crippen LogP contribution in [0.4, 0.5) is 5.69 Å². The third-order valence-corrected chi connectivity index (χ3v) is 13.0. The van der Waals surface area contributed by atoms with Gasteiger partial charge in [0.15, 0.2) is 6.04 Å². The van der Waals surface area contributed by atoms with E-state index >= 15 is 0 Å². The summed E-state index contributed by atoms with van der Waals surface area (Å²) in [6, 6.07) is 23.0. The fourth-order valence-electron chi connectivity index (χ4n) is 9.76. The lowest BCUT2D eigenvalue weighted by molar-refractivity contribution is -0.144. The van der Waals surface area contributed by atoms with Gasteiger partial charge in [-0.15, -0.1) is 0 Å². The Hall–Kier alpha value is -5.09. The Morgan fingerprint density at radius 3 is 2.50 bits per heavy atom. The number of aromatic nitrogens is 1. The number of amides is 1. The van der Waals surface area contributed by atoms with E-state index < -0.39 is 23.5 Å². The van der Waals surface area contributed by atoms with Crippen LogP contribution in [-0.4, -0.2) is 51.8 Å². The predicted molar refractivity (Wildman–Crippen MR) is 224 cm³/mol. The number of ether oxygens (including phenoxy) is 2. The average Bonchev–Trinajstić information content (AvgIpc) is 3.49. The molecule has 0 bridgehead atoms. The minimum absolute atomic E-state index is 0.117. The van der Waals surface area contributed by atoms with Crippen molar-refractivity contribution < 1.29 is 34.1 Å². The minimum Gasteiger partial charge on any atom is -0.494 e. The van der Waals surface area contributed by atoms with Crippen LogP contribution in [0.5, 0.6) is 11.5 Å².